The summed E-state index contributed by atoms with van der Waals surface area (Å²) in [7, 11) is -4.12. The van der Waals surface area contributed by atoms with E-state index in [1.807, 2.05) is 6.92 Å². The second-order valence-electron chi connectivity index (χ2n) is 8.42. The molecule has 0 fully saturated rings. The molecule has 10 heteroatoms. The Morgan fingerprint density at radius 2 is 1.68 bits per heavy atom. The average molecular weight is 591 g/mol. The molecule has 196 valence electrons. The molecule has 2 amide bonds. The number of hydrogen-bond acceptors (Lipinski definition) is 4. The lowest BCUT2D eigenvalue weighted by molar-refractivity contribution is -0.139. The lowest BCUT2D eigenvalue weighted by Crippen LogP contribution is -2.51. The van der Waals surface area contributed by atoms with Crippen LogP contribution in [0.2, 0.25) is 0 Å². The van der Waals surface area contributed by atoms with Crippen molar-refractivity contribution in [1.82, 2.24) is 10.2 Å². The maximum Gasteiger partial charge on any atom is 0.264 e. The molecule has 0 heterocycles. The number of anilines is 1. The molecule has 0 bridgehead atoms. The summed E-state index contributed by atoms with van der Waals surface area (Å²) in [5, 5.41) is 2.78. The summed E-state index contributed by atoms with van der Waals surface area (Å²) < 4.78 is 42.5. The van der Waals surface area contributed by atoms with Gasteiger partial charge >= 0.3 is 0 Å². The van der Waals surface area contributed by atoms with E-state index in [0.29, 0.717) is 16.6 Å². The molecule has 7 nitrogen and oxygen atoms in total. The van der Waals surface area contributed by atoms with Crippen LogP contribution in [-0.4, -0.2) is 44.3 Å². The number of sulfonamides is 1. The summed E-state index contributed by atoms with van der Waals surface area (Å²) in [6, 6.07) is 19.2. The fourth-order valence-electron chi connectivity index (χ4n) is 3.64. The highest BCUT2D eigenvalue weighted by atomic mass is 79.9. The Morgan fingerprint density at radius 3 is 2.30 bits per heavy atom. The molecule has 0 aliphatic heterocycles. The minimum atomic E-state index is -4.12. The van der Waals surface area contributed by atoms with Crippen LogP contribution in [0.1, 0.15) is 25.8 Å². The third-order valence-electron chi connectivity index (χ3n) is 5.69. The van der Waals surface area contributed by atoms with E-state index < -0.39 is 34.3 Å². The van der Waals surface area contributed by atoms with E-state index in [1.165, 1.54) is 41.3 Å². The van der Waals surface area contributed by atoms with Gasteiger partial charge in [-0.05, 0) is 61.4 Å². The smallest absolute Gasteiger partial charge is 0.264 e. The SMILES string of the molecule is CCCNC(=O)[C@@H](C)N(Cc1ccc(F)cc1)C(=O)CN(c1cccc(Br)c1)S(=O)(=O)c1ccccc1. The maximum absolute atomic E-state index is 13.7. The van der Waals surface area contributed by atoms with Gasteiger partial charge in [-0.2, -0.15) is 0 Å². The third-order valence-corrected chi connectivity index (χ3v) is 7.97. The number of hydrogen-bond donors (Lipinski definition) is 1. The number of carbonyl (C=O) groups is 2. The van der Waals surface area contributed by atoms with Gasteiger partial charge < -0.3 is 10.2 Å². The van der Waals surface area contributed by atoms with Crippen molar-refractivity contribution in [2.45, 2.75) is 37.8 Å². The summed E-state index contributed by atoms with van der Waals surface area (Å²) in [5.74, 6) is -1.37. The second kappa shape index (κ2) is 12.8. The van der Waals surface area contributed by atoms with Crippen LogP contribution >= 0.6 is 15.9 Å². The first-order chi connectivity index (χ1) is 17.6. The lowest BCUT2D eigenvalue weighted by Gasteiger charge is -2.32. The first-order valence-corrected chi connectivity index (χ1v) is 14.0. The number of halogens is 2. The Morgan fingerprint density at radius 1 is 1.00 bits per heavy atom. The van der Waals surface area contributed by atoms with Crippen molar-refractivity contribution in [1.29, 1.82) is 0 Å². The number of carbonyl (C=O) groups excluding carboxylic acids is 2. The predicted octanol–water partition coefficient (Wildman–Crippen LogP) is 4.73. The van der Waals surface area contributed by atoms with E-state index in [1.54, 1.807) is 49.4 Å². The van der Waals surface area contributed by atoms with Gasteiger partial charge in [0.15, 0.2) is 0 Å². The summed E-state index contributed by atoms with van der Waals surface area (Å²) in [5.41, 5.74) is 0.890. The van der Waals surface area contributed by atoms with Crippen molar-refractivity contribution in [3.63, 3.8) is 0 Å². The number of nitrogens with one attached hydrogen (secondary N) is 1. The van der Waals surface area contributed by atoms with Crippen LogP contribution in [-0.2, 0) is 26.2 Å². The minimum Gasteiger partial charge on any atom is -0.354 e. The van der Waals surface area contributed by atoms with Crippen molar-refractivity contribution >= 4 is 43.5 Å². The Labute approximate surface area is 225 Å². The molecule has 0 aliphatic carbocycles. The van der Waals surface area contributed by atoms with Gasteiger partial charge in [-0.25, -0.2) is 12.8 Å². The monoisotopic (exact) mass is 589 g/mol. The molecule has 0 aromatic heterocycles. The second-order valence-corrected chi connectivity index (χ2v) is 11.2. The highest BCUT2D eigenvalue weighted by Gasteiger charge is 2.32. The zero-order valence-corrected chi connectivity index (χ0v) is 23.0. The molecule has 3 aromatic rings. The van der Waals surface area contributed by atoms with Gasteiger partial charge in [0, 0.05) is 17.6 Å². The summed E-state index contributed by atoms with van der Waals surface area (Å²) in [6.45, 7) is 3.39. The average Bonchev–Trinajstić information content (AvgIpc) is 2.89. The number of nitrogens with zero attached hydrogens (tertiary/aromatic N) is 2. The van der Waals surface area contributed by atoms with Crippen LogP contribution in [0.25, 0.3) is 0 Å². The van der Waals surface area contributed by atoms with Gasteiger partial charge in [-0.15, -0.1) is 0 Å². The van der Waals surface area contributed by atoms with Gasteiger partial charge in [0.25, 0.3) is 10.0 Å². The number of amides is 2. The maximum atomic E-state index is 13.7. The normalized spacial score (nSPS) is 12.0. The van der Waals surface area contributed by atoms with Gasteiger partial charge in [-0.1, -0.05) is 59.3 Å². The zero-order chi connectivity index (χ0) is 27.0. The van der Waals surface area contributed by atoms with Crippen molar-refractivity contribution in [3.8, 4) is 0 Å². The first kappa shape index (κ1) is 28.3. The molecule has 0 radical (unpaired) electrons. The van der Waals surface area contributed by atoms with Gasteiger partial charge in [0.05, 0.1) is 10.6 Å². The van der Waals surface area contributed by atoms with Gasteiger partial charge in [-0.3, -0.25) is 13.9 Å². The van der Waals surface area contributed by atoms with Crippen LogP contribution in [0.4, 0.5) is 10.1 Å². The standard InChI is InChI=1S/C27H29BrFN3O4S/c1-3-16-30-27(34)20(2)31(18-21-12-14-23(29)15-13-21)26(33)19-32(24-9-7-8-22(28)17-24)37(35,36)25-10-5-4-6-11-25/h4-15,17,20H,3,16,18-19H2,1-2H3,(H,30,34)/t20-/m1/s1. The molecule has 0 spiro atoms. The fourth-order valence-corrected chi connectivity index (χ4v) is 5.46. The minimum absolute atomic E-state index is 0.00245. The van der Waals surface area contributed by atoms with E-state index in [-0.39, 0.29) is 23.0 Å². The predicted molar refractivity (Wildman–Crippen MR) is 145 cm³/mol. The van der Waals surface area contributed by atoms with Crippen molar-refractivity contribution in [2.75, 3.05) is 17.4 Å². The molecule has 0 aliphatic rings. The van der Waals surface area contributed by atoms with Gasteiger partial charge in [0.2, 0.25) is 11.8 Å². The van der Waals surface area contributed by atoms with Crippen LogP contribution in [0.5, 0.6) is 0 Å². The van der Waals surface area contributed by atoms with E-state index >= 15 is 0 Å². The zero-order valence-electron chi connectivity index (χ0n) is 20.6. The topological polar surface area (TPSA) is 86.8 Å². The van der Waals surface area contributed by atoms with Crippen LogP contribution in [0.3, 0.4) is 0 Å². The molecule has 3 rings (SSSR count). The Hall–Kier alpha value is -3.24. The molecule has 1 N–H and O–H groups in total. The van der Waals surface area contributed by atoms with E-state index in [2.05, 4.69) is 21.2 Å². The highest BCUT2D eigenvalue weighted by Crippen LogP contribution is 2.27. The molecule has 1 atom stereocenters. The van der Waals surface area contributed by atoms with Crippen LogP contribution < -0.4 is 9.62 Å². The Kier molecular flexibility index (Phi) is 9.82. The third kappa shape index (κ3) is 7.39. The highest BCUT2D eigenvalue weighted by molar-refractivity contribution is 9.10. The quantitative estimate of drug-likeness (QED) is 0.350. The summed E-state index contributed by atoms with van der Waals surface area (Å²) >= 11 is 3.36. The molecular weight excluding hydrogens is 561 g/mol. The van der Waals surface area contributed by atoms with Gasteiger partial charge in [0.1, 0.15) is 18.4 Å². The molecular formula is C27H29BrFN3O4S. The van der Waals surface area contributed by atoms with E-state index in [4.69, 9.17) is 0 Å². The molecule has 3 aromatic carbocycles. The number of benzene rings is 3. The van der Waals surface area contributed by atoms with Crippen molar-refractivity contribution in [3.05, 3.63) is 94.7 Å². The largest absolute Gasteiger partial charge is 0.354 e. The van der Waals surface area contributed by atoms with E-state index in [0.717, 1.165) is 10.7 Å². The Balaban J connectivity index is 2.00. The molecule has 0 saturated heterocycles. The summed E-state index contributed by atoms with van der Waals surface area (Å²) in [4.78, 5) is 27.9. The molecule has 37 heavy (non-hydrogen) atoms. The number of rotatable bonds is 11. The first-order valence-electron chi connectivity index (χ1n) is 11.8. The summed E-state index contributed by atoms with van der Waals surface area (Å²) in [6.07, 6.45) is 0.719. The molecule has 0 saturated carbocycles. The van der Waals surface area contributed by atoms with Crippen molar-refractivity contribution in [2.24, 2.45) is 0 Å². The van der Waals surface area contributed by atoms with E-state index in [9.17, 15) is 22.4 Å². The van der Waals surface area contributed by atoms with Crippen LogP contribution in [0, 0.1) is 5.82 Å². The fraction of sp³-hybridized carbons (Fsp3) is 0.259. The van der Waals surface area contributed by atoms with Crippen LogP contribution in [0.15, 0.2) is 88.2 Å². The lowest BCUT2D eigenvalue weighted by atomic mass is 10.1. The van der Waals surface area contributed by atoms with Crippen molar-refractivity contribution < 1.29 is 22.4 Å². The molecule has 0 unspecified atom stereocenters. The Bertz CT molecular complexity index is 1320.